The van der Waals surface area contributed by atoms with E-state index in [9.17, 15) is 9.90 Å². The van der Waals surface area contributed by atoms with Crippen LogP contribution >= 0.6 is 0 Å². The molecule has 0 aromatic heterocycles. The van der Waals surface area contributed by atoms with Crippen LogP contribution in [-0.4, -0.2) is 11.1 Å². The molecule has 0 atom stereocenters. The number of carbonyl (C=O) groups is 1. The molecule has 0 saturated heterocycles. The fraction of sp³-hybridized carbons (Fsp3) is 0.0952. The molecule has 23 heavy (non-hydrogen) atoms. The highest BCUT2D eigenvalue weighted by molar-refractivity contribution is 5.89. The molecule has 0 radical (unpaired) electrons. The Balaban J connectivity index is 2.02. The molecular weight excluding hydrogens is 284 g/mol. The van der Waals surface area contributed by atoms with E-state index in [-0.39, 0.29) is 5.92 Å². The Bertz CT molecular complexity index is 740. The normalized spacial score (nSPS) is 10.7. The molecule has 3 rings (SSSR count). The minimum atomic E-state index is -0.875. The maximum atomic E-state index is 11.5. The van der Waals surface area contributed by atoms with Crippen LogP contribution in [-0.2, 0) is 6.42 Å². The summed E-state index contributed by atoms with van der Waals surface area (Å²) in [6, 6.07) is 27.7. The quantitative estimate of drug-likeness (QED) is 0.738. The summed E-state index contributed by atoms with van der Waals surface area (Å²) < 4.78 is 0. The average Bonchev–Trinajstić information content (AvgIpc) is 2.61. The zero-order chi connectivity index (χ0) is 16.1. The van der Waals surface area contributed by atoms with Crippen molar-refractivity contribution in [2.24, 2.45) is 0 Å². The lowest BCUT2D eigenvalue weighted by Crippen LogP contribution is -2.09. The smallest absolute Gasteiger partial charge is 0.335 e. The topological polar surface area (TPSA) is 37.3 Å². The molecule has 0 aliphatic rings. The summed E-state index contributed by atoms with van der Waals surface area (Å²) in [6.45, 7) is 0. The van der Waals surface area contributed by atoms with Crippen molar-refractivity contribution in [2.45, 2.75) is 12.3 Å². The van der Waals surface area contributed by atoms with E-state index in [2.05, 4.69) is 24.3 Å². The monoisotopic (exact) mass is 302 g/mol. The van der Waals surface area contributed by atoms with Gasteiger partial charge >= 0.3 is 5.97 Å². The molecule has 0 saturated carbocycles. The summed E-state index contributed by atoms with van der Waals surface area (Å²) in [6.07, 6.45) is 0.663. The maximum Gasteiger partial charge on any atom is 0.335 e. The number of carboxylic acids is 1. The van der Waals surface area contributed by atoms with Crippen LogP contribution < -0.4 is 0 Å². The Morgan fingerprint density at radius 3 is 1.74 bits per heavy atom. The highest BCUT2D eigenvalue weighted by Gasteiger charge is 2.18. The number of rotatable bonds is 5. The van der Waals surface area contributed by atoms with Crippen LogP contribution in [0, 0.1) is 0 Å². The van der Waals surface area contributed by atoms with Gasteiger partial charge in [0.05, 0.1) is 5.56 Å². The van der Waals surface area contributed by atoms with Gasteiger partial charge in [0.1, 0.15) is 0 Å². The van der Waals surface area contributed by atoms with Crippen LogP contribution in [0.3, 0.4) is 0 Å². The summed E-state index contributed by atoms with van der Waals surface area (Å²) in [5.41, 5.74) is 3.62. The van der Waals surface area contributed by atoms with E-state index in [1.54, 1.807) is 12.1 Å². The molecule has 1 N–H and O–H groups in total. The van der Waals surface area contributed by atoms with Gasteiger partial charge in [-0.05, 0) is 29.2 Å². The van der Waals surface area contributed by atoms with Crippen molar-refractivity contribution in [1.82, 2.24) is 0 Å². The van der Waals surface area contributed by atoms with E-state index < -0.39 is 5.97 Å². The lowest BCUT2D eigenvalue weighted by Gasteiger charge is -2.19. The third-order valence-corrected chi connectivity index (χ3v) is 4.08. The van der Waals surface area contributed by atoms with Crippen LogP contribution in [0.2, 0.25) is 0 Å². The summed E-state index contributed by atoms with van der Waals surface area (Å²) in [4.78, 5) is 11.5. The van der Waals surface area contributed by atoms with Crippen LogP contribution in [0.5, 0.6) is 0 Å². The van der Waals surface area contributed by atoms with Gasteiger partial charge in [-0.15, -0.1) is 0 Å². The van der Waals surface area contributed by atoms with E-state index in [1.807, 2.05) is 48.5 Å². The zero-order valence-corrected chi connectivity index (χ0v) is 12.7. The molecule has 0 aliphatic heterocycles. The van der Waals surface area contributed by atoms with Gasteiger partial charge in [0.15, 0.2) is 0 Å². The van der Waals surface area contributed by atoms with Crippen molar-refractivity contribution < 1.29 is 9.90 Å². The van der Waals surface area contributed by atoms with Gasteiger partial charge in [0.25, 0.3) is 0 Å². The minimum absolute atomic E-state index is 0.137. The van der Waals surface area contributed by atoms with E-state index in [4.69, 9.17) is 0 Å². The predicted octanol–water partition coefficient (Wildman–Crippen LogP) is 4.76. The number of hydrogen-bond donors (Lipinski definition) is 1. The Labute approximate surface area is 136 Å². The minimum Gasteiger partial charge on any atom is -0.478 e. The van der Waals surface area contributed by atoms with Gasteiger partial charge in [-0.3, -0.25) is 0 Å². The summed E-state index contributed by atoms with van der Waals surface area (Å²) in [5, 5.41) is 9.42. The van der Waals surface area contributed by atoms with Crippen molar-refractivity contribution in [3.05, 3.63) is 107 Å². The largest absolute Gasteiger partial charge is 0.478 e. The fourth-order valence-corrected chi connectivity index (χ4v) is 2.93. The second kappa shape index (κ2) is 6.93. The lowest BCUT2D eigenvalue weighted by molar-refractivity contribution is 0.0695. The summed E-state index contributed by atoms with van der Waals surface area (Å²) in [7, 11) is 0. The molecule has 3 aromatic rings. The van der Waals surface area contributed by atoms with Gasteiger partial charge in [0.2, 0.25) is 0 Å². The van der Waals surface area contributed by atoms with E-state index in [1.165, 1.54) is 11.1 Å². The second-order valence-electron chi connectivity index (χ2n) is 5.54. The third-order valence-electron chi connectivity index (χ3n) is 4.08. The summed E-state index contributed by atoms with van der Waals surface area (Å²) in [5.74, 6) is -0.738. The van der Waals surface area contributed by atoms with Gasteiger partial charge in [-0.25, -0.2) is 4.79 Å². The highest BCUT2D eigenvalue weighted by atomic mass is 16.4. The SMILES string of the molecule is O=C(O)c1ccccc1CC(c1ccccc1)c1ccccc1. The molecule has 0 aliphatic carbocycles. The zero-order valence-electron chi connectivity index (χ0n) is 12.7. The Morgan fingerprint density at radius 1 is 0.739 bits per heavy atom. The van der Waals surface area contributed by atoms with Crippen LogP contribution in [0.1, 0.15) is 33.0 Å². The number of hydrogen-bond acceptors (Lipinski definition) is 1. The van der Waals surface area contributed by atoms with Crippen LogP contribution in [0.4, 0.5) is 0 Å². The fourth-order valence-electron chi connectivity index (χ4n) is 2.93. The van der Waals surface area contributed by atoms with Gasteiger partial charge < -0.3 is 5.11 Å². The van der Waals surface area contributed by atoms with E-state index in [0.29, 0.717) is 12.0 Å². The van der Waals surface area contributed by atoms with Crippen molar-refractivity contribution >= 4 is 5.97 Å². The second-order valence-corrected chi connectivity index (χ2v) is 5.54. The molecule has 114 valence electrons. The van der Waals surface area contributed by atoms with Crippen molar-refractivity contribution in [3.8, 4) is 0 Å². The number of carboxylic acid groups (broad SMARTS) is 1. The van der Waals surface area contributed by atoms with Crippen LogP contribution in [0.15, 0.2) is 84.9 Å². The first-order valence-corrected chi connectivity index (χ1v) is 7.67. The Morgan fingerprint density at radius 2 is 1.22 bits per heavy atom. The molecule has 0 unspecified atom stereocenters. The maximum absolute atomic E-state index is 11.5. The van der Waals surface area contributed by atoms with Gasteiger partial charge in [0, 0.05) is 5.92 Å². The van der Waals surface area contributed by atoms with Gasteiger partial charge in [-0.2, -0.15) is 0 Å². The standard InChI is InChI=1S/C21H18O2/c22-21(23)19-14-8-7-13-18(19)15-20(16-9-3-1-4-10-16)17-11-5-2-6-12-17/h1-14,20H,15H2,(H,22,23). The van der Waals surface area contributed by atoms with Crippen molar-refractivity contribution in [1.29, 1.82) is 0 Å². The average molecular weight is 302 g/mol. The Kier molecular flexibility index (Phi) is 4.53. The number of aromatic carboxylic acids is 1. The summed E-state index contributed by atoms with van der Waals surface area (Å²) >= 11 is 0. The van der Waals surface area contributed by atoms with E-state index >= 15 is 0 Å². The molecule has 0 heterocycles. The van der Waals surface area contributed by atoms with Crippen LogP contribution in [0.25, 0.3) is 0 Å². The van der Waals surface area contributed by atoms with Gasteiger partial charge in [-0.1, -0.05) is 78.9 Å². The van der Waals surface area contributed by atoms with E-state index in [0.717, 1.165) is 5.56 Å². The first kappa shape index (κ1) is 15.0. The Hall–Kier alpha value is -2.87. The van der Waals surface area contributed by atoms with Crippen molar-refractivity contribution in [3.63, 3.8) is 0 Å². The predicted molar refractivity (Wildman–Crippen MR) is 91.8 cm³/mol. The number of benzene rings is 3. The molecule has 0 fully saturated rings. The first-order valence-electron chi connectivity index (χ1n) is 7.67. The molecular formula is C21H18O2. The molecule has 3 aromatic carbocycles. The molecule has 0 bridgehead atoms. The van der Waals surface area contributed by atoms with Crippen molar-refractivity contribution in [2.75, 3.05) is 0 Å². The lowest BCUT2D eigenvalue weighted by atomic mass is 9.85. The highest BCUT2D eigenvalue weighted by Crippen LogP contribution is 2.29. The first-order chi connectivity index (χ1) is 11.3. The molecule has 2 heteroatoms. The molecule has 0 spiro atoms. The molecule has 0 amide bonds. The molecule has 2 nitrogen and oxygen atoms in total. The third kappa shape index (κ3) is 3.49.